The molecule has 322 valence electrons. The molecular formula is C55H70N3O2P. The van der Waals surface area contributed by atoms with Gasteiger partial charge in [-0.25, -0.2) is 0 Å². The summed E-state index contributed by atoms with van der Waals surface area (Å²) >= 11 is 0. The molecule has 61 heavy (non-hydrogen) atoms. The van der Waals surface area contributed by atoms with Crippen molar-refractivity contribution in [3.63, 3.8) is 0 Å². The van der Waals surface area contributed by atoms with Gasteiger partial charge in [0.25, 0.3) is 5.91 Å². The first-order valence-corrected chi connectivity index (χ1v) is 23.7. The minimum atomic E-state index is -1.20. The zero-order valence-corrected chi connectivity index (χ0v) is 40.1. The molecule has 2 bridgehead atoms. The zero-order valence-electron chi connectivity index (χ0n) is 39.2. The molecule has 3 saturated heterocycles. The number of fused-ring (bicyclic) bond motifs is 4. The molecule has 1 unspecified atom stereocenters. The van der Waals surface area contributed by atoms with Gasteiger partial charge in [0.2, 0.25) is 0 Å². The van der Waals surface area contributed by atoms with Gasteiger partial charge < -0.3 is 10.1 Å². The third-order valence-electron chi connectivity index (χ3n) is 13.3. The van der Waals surface area contributed by atoms with Crippen molar-refractivity contribution >= 4 is 40.6 Å². The van der Waals surface area contributed by atoms with E-state index in [0.717, 1.165) is 59.0 Å². The predicted octanol–water partition coefficient (Wildman–Crippen LogP) is 11.6. The van der Waals surface area contributed by atoms with E-state index in [1.165, 1.54) is 32.9 Å². The molecule has 5 atom stereocenters. The lowest BCUT2D eigenvalue weighted by atomic mass is 9.73. The minimum Gasteiger partial charge on any atom is -0.497 e. The number of hydrogen-bond acceptors (Lipinski definition) is 4. The van der Waals surface area contributed by atoms with E-state index in [4.69, 9.17) is 9.72 Å². The van der Waals surface area contributed by atoms with E-state index < -0.39 is 7.92 Å². The molecule has 5 aromatic rings. The van der Waals surface area contributed by atoms with Crippen molar-refractivity contribution in [2.24, 2.45) is 11.8 Å². The molecule has 3 aliphatic heterocycles. The molecule has 0 saturated carbocycles. The number of ether oxygens (including phenoxy) is 1. The van der Waals surface area contributed by atoms with Gasteiger partial charge in [0.1, 0.15) is 5.75 Å². The highest BCUT2D eigenvalue weighted by molar-refractivity contribution is 7.80. The van der Waals surface area contributed by atoms with E-state index in [2.05, 4.69) is 173 Å². The van der Waals surface area contributed by atoms with Crippen molar-refractivity contribution in [3.8, 4) is 5.75 Å². The Labute approximate surface area is 368 Å². The van der Waals surface area contributed by atoms with Gasteiger partial charge in [-0.15, -0.1) is 6.58 Å². The molecule has 6 heteroatoms. The Bertz CT molecular complexity index is 2280. The van der Waals surface area contributed by atoms with E-state index >= 15 is 4.79 Å². The first kappa shape index (κ1) is 44.7. The third kappa shape index (κ3) is 9.40. The number of hydrogen-bond donors (Lipinski definition) is 1. The summed E-state index contributed by atoms with van der Waals surface area (Å²) in [7, 11) is 0.501. The summed E-state index contributed by atoms with van der Waals surface area (Å²) in [6, 6.07) is 31.1. The maximum absolute atomic E-state index is 15.6. The fourth-order valence-corrected chi connectivity index (χ4v) is 11.9. The number of carbonyl (C=O) groups excluding carboxylic acids is 1. The molecule has 3 fully saturated rings. The van der Waals surface area contributed by atoms with Crippen LogP contribution in [0.3, 0.4) is 0 Å². The molecule has 0 radical (unpaired) electrons. The normalized spacial score (nSPS) is 20.2. The van der Waals surface area contributed by atoms with Crippen molar-refractivity contribution in [3.05, 3.63) is 137 Å². The molecule has 4 heterocycles. The van der Waals surface area contributed by atoms with Crippen molar-refractivity contribution < 1.29 is 9.53 Å². The third-order valence-corrected chi connectivity index (χ3v) is 15.8. The van der Waals surface area contributed by atoms with Gasteiger partial charge >= 0.3 is 0 Å². The summed E-state index contributed by atoms with van der Waals surface area (Å²) < 4.78 is 5.74. The van der Waals surface area contributed by atoms with Gasteiger partial charge in [0.15, 0.2) is 0 Å². The number of carbonyl (C=O) groups is 1. The molecule has 0 aliphatic carbocycles. The van der Waals surface area contributed by atoms with Crippen LogP contribution in [-0.4, -0.2) is 42.0 Å². The van der Waals surface area contributed by atoms with Crippen molar-refractivity contribution in [2.75, 3.05) is 20.2 Å². The number of piperidine rings is 3. The Morgan fingerprint density at radius 2 is 1.34 bits per heavy atom. The van der Waals surface area contributed by atoms with Crippen LogP contribution in [0.5, 0.6) is 5.75 Å². The highest BCUT2D eigenvalue weighted by atomic mass is 31.1. The number of methoxy groups -OCH3 is 1. The van der Waals surface area contributed by atoms with Crippen LogP contribution in [0.1, 0.15) is 140 Å². The van der Waals surface area contributed by atoms with E-state index in [-0.39, 0.29) is 39.7 Å². The second-order valence-electron chi connectivity index (χ2n) is 21.9. The lowest BCUT2D eigenvalue weighted by Crippen LogP contribution is -2.57. The Balaban J connectivity index is 1.44. The largest absolute Gasteiger partial charge is 0.497 e. The Morgan fingerprint density at radius 1 is 0.787 bits per heavy atom. The van der Waals surface area contributed by atoms with E-state index in [9.17, 15) is 0 Å². The average Bonchev–Trinajstić information content (AvgIpc) is 3.21. The summed E-state index contributed by atoms with van der Waals surface area (Å²) in [5, 5.41) is 8.37. The van der Waals surface area contributed by atoms with Gasteiger partial charge in [-0.05, 0) is 135 Å². The molecule has 1 N–H and O–H groups in total. The molecule has 1 amide bonds. The number of benzene rings is 4. The Hall–Kier alpha value is -4.31. The van der Waals surface area contributed by atoms with Crippen molar-refractivity contribution in [2.45, 2.75) is 130 Å². The molecule has 5 nitrogen and oxygen atoms in total. The zero-order chi connectivity index (χ0) is 44.2. The van der Waals surface area contributed by atoms with Crippen LogP contribution >= 0.6 is 7.92 Å². The standard InChI is InChI=1S/C55H70N3O2P/c1-15-35-34-58-25-23-36(35)26-48(58)50(44-22-24-56-47-21-20-41(60-14)33-46(44)47)57-51(59)45-18-16-17-19-49(45)61(42-29-37(52(2,3)4)27-38(30-42)53(5,6)7)43-31-39(54(8,9)10)28-40(32-43)55(11,12)13/h15-22,24,27-33,35-36,48,50H,1,23,25-26,34H2,2-14H3,(H,57,59)/t35-,36-,48-,50-/m0/s1. The summed E-state index contributed by atoms with van der Waals surface area (Å²) in [5.41, 5.74) is 7.66. The molecule has 1 aromatic heterocycles. The Kier molecular flexibility index (Phi) is 12.3. The first-order valence-electron chi connectivity index (χ1n) is 22.4. The van der Waals surface area contributed by atoms with Crippen LogP contribution in [0.2, 0.25) is 0 Å². The van der Waals surface area contributed by atoms with Crippen molar-refractivity contribution in [1.82, 2.24) is 15.2 Å². The van der Waals surface area contributed by atoms with Crippen LogP contribution in [0, 0.1) is 11.8 Å². The van der Waals surface area contributed by atoms with Crippen molar-refractivity contribution in [1.29, 1.82) is 0 Å². The van der Waals surface area contributed by atoms with Gasteiger partial charge in [-0.1, -0.05) is 144 Å². The lowest BCUT2D eigenvalue weighted by molar-refractivity contribution is 0.00171. The lowest BCUT2D eigenvalue weighted by Gasteiger charge is -2.51. The molecule has 3 aliphatic rings. The van der Waals surface area contributed by atoms with E-state index in [0.29, 0.717) is 11.8 Å². The highest BCUT2D eigenvalue weighted by Gasteiger charge is 2.44. The van der Waals surface area contributed by atoms with Crippen LogP contribution in [0.15, 0.2) is 104 Å². The first-order chi connectivity index (χ1) is 28.6. The second-order valence-corrected chi connectivity index (χ2v) is 24.1. The fourth-order valence-electron chi connectivity index (χ4n) is 9.37. The SMILES string of the molecule is C=C[C@H]1CN2CC[C@H]1C[C@H]2[C@@H](NC(=O)c1ccccc1P(c1cc(C(C)(C)C)cc(C(C)(C)C)c1)c1cc(C(C)(C)C)cc(C(C)(C)C)c1)c1ccnc2ccc(OC)cc12. The maximum Gasteiger partial charge on any atom is 0.252 e. The summed E-state index contributed by atoms with van der Waals surface area (Å²) in [4.78, 5) is 22.9. The smallest absolute Gasteiger partial charge is 0.252 e. The number of aromatic nitrogens is 1. The second kappa shape index (κ2) is 16.8. The molecular weight excluding hydrogens is 766 g/mol. The van der Waals surface area contributed by atoms with Crippen LogP contribution in [-0.2, 0) is 21.7 Å². The number of pyridine rings is 1. The summed E-state index contributed by atoms with van der Waals surface area (Å²) in [6.45, 7) is 33.9. The average molecular weight is 836 g/mol. The monoisotopic (exact) mass is 836 g/mol. The fraction of sp³-hybridized carbons (Fsp3) is 0.455. The predicted molar refractivity (Wildman–Crippen MR) is 260 cm³/mol. The molecule has 4 aromatic carbocycles. The van der Waals surface area contributed by atoms with Crippen LogP contribution < -0.4 is 26.0 Å². The number of rotatable bonds is 9. The highest BCUT2D eigenvalue weighted by Crippen LogP contribution is 2.44. The van der Waals surface area contributed by atoms with Gasteiger partial charge in [0.05, 0.1) is 18.7 Å². The molecule has 0 spiro atoms. The van der Waals surface area contributed by atoms with E-state index in [1.807, 2.05) is 24.4 Å². The summed E-state index contributed by atoms with van der Waals surface area (Å²) in [5.74, 6) is 1.73. The topological polar surface area (TPSA) is 54.5 Å². The van der Waals surface area contributed by atoms with Gasteiger partial charge in [-0.2, -0.15) is 0 Å². The van der Waals surface area contributed by atoms with Gasteiger partial charge in [-0.3, -0.25) is 14.7 Å². The number of nitrogens with zero attached hydrogens (tertiary/aromatic N) is 2. The minimum absolute atomic E-state index is 0.0464. The van der Waals surface area contributed by atoms with Crippen LogP contribution in [0.25, 0.3) is 10.9 Å². The summed E-state index contributed by atoms with van der Waals surface area (Å²) in [6.07, 6.45) is 6.18. The van der Waals surface area contributed by atoms with Gasteiger partial charge in [0, 0.05) is 29.7 Å². The molecule has 8 rings (SSSR count). The van der Waals surface area contributed by atoms with Crippen LogP contribution in [0.4, 0.5) is 0 Å². The maximum atomic E-state index is 15.6. The number of amides is 1. The number of nitrogens with one attached hydrogen (secondary N) is 1. The van der Waals surface area contributed by atoms with E-state index in [1.54, 1.807) is 7.11 Å². The quantitative estimate of drug-likeness (QED) is 0.119. The Morgan fingerprint density at radius 3 is 1.84 bits per heavy atom.